The van der Waals surface area contributed by atoms with E-state index in [1.54, 1.807) is 25.2 Å². The quantitative estimate of drug-likeness (QED) is 0.872. The monoisotopic (exact) mass is 379 g/mol. The highest BCUT2D eigenvalue weighted by molar-refractivity contribution is 6.00. The van der Waals surface area contributed by atoms with E-state index in [4.69, 9.17) is 14.5 Å². The van der Waals surface area contributed by atoms with Crippen LogP contribution in [0, 0.1) is 0 Å². The number of rotatable bonds is 4. The molecule has 6 heteroatoms. The van der Waals surface area contributed by atoms with Crippen LogP contribution < -0.4 is 9.47 Å². The van der Waals surface area contributed by atoms with Crippen LogP contribution >= 0.6 is 0 Å². The van der Waals surface area contributed by atoms with E-state index in [0.717, 1.165) is 36.5 Å². The summed E-state index contributed by atoms with van der Waals surface area (Å²) in [7, 11) is 5.33. The van der Waals surface area contributed by atoms with Crippen LogP contribution in [0.2, 0.25) is 0 Å². The zero-order valence-corrected chi connectivity index (χ0v) is 16.4. The summed E-state index contributed by atoms with van der Waals surface area (Å²) in [6.45, 7) is 2.00. The van der Waals surface area contributed by atoms with Crippen LogP contribution in [0.15, 0.2) is 64.8 Å². The average molecular weight is 379 g/mol. The maximum Gasteiger partial charge on any atom is 0.161 e. The molecule has 0 aliphatic carbocycles. The predicted molar refractivity (Wildman–Crippen MR) is 110 cm³/mol. The average Bonchev–Trinajstić information content (AvgIpc) is 2.73. The minimum atomic E-state index is -0.776. The number of methoxy groups -OCH3 is 2. The summed E-state index contributed by atoms with van der Waals surface area (Å²) in [5, 5.41) is 10.7. The van der Waals surface area contributed by atoms with E-state index in [0.29, 0.717) is 17.2 Å². The van der Waals surface area contributed by atoms with Gasteiger partial charge in [-0.15, -0.1) is 0 Å². The number of hydrogen-bond donors (Lipinski definition) is 1. The van der Waals surface area contributed by atoms with Crippen molar-refractivity contribution in [3.63, 3.8) is 0 Å². The maximum absolute atomic E-state index is 10.7. The summed E-state index contributed by atoms with van der Waals surface area (Å²) in [5.41, 5.74) is 4.02. The molecule has 1 aromatic rings. The van der Waals surface area contributed by atoms with Crippen molar-refractivity contribution in [2.24, 2.45) is 4.99 Å². The first-order chi connectivity index (χ1) is 13.6. The molecule has 1 aromatic carbocycles. The van der Waals surface area contributed by atoms with Crippen LogP contribution in [-0.4, -0.2) is 61.3 Å². The molecule has 4 rings (SSSR count). The highest BCUT2D eigenvalue weighted by Crippen LogP contribution is 2.33. The number of aliphatic imine (C=N–C) groups is 1. The van der Waals surface area contributed by atoms with E-state index in [1.807, 2.05) is 30.5 Å². The molecule has 0 fully saturated rings. The fourth-order valence-electron chi connectivity index (χ4n) is 3.58. The minimum Gasteiger partial charge on any atom is -0.493 e. The Hall–Kier alpha value is -2.83. The zero-order valence-electron chi connectivity index (χ0n) is 16.4. The van der Waals surface area contributed by atoms with Crippen molar-refractivity contribution in [2.45, 2.75) is 12.6 Å². The summed E-state index contributed by atoms with van der Waals surface area (Å²) in [6, 6.07) is 5.63. The fraction of sp³-hybridized carbons (Fsp3) is 0.318. The Morgan fingerprint density at radius 2 is 1.96 bits per heavy atom. The molecule has 3 aliphatic rings. The first-order valence-electron chi connectivity index (χ1n) is 9.36. The number of allylic oxidation sites excluding steroid dienone is 2. The second-order valence-corrected chi connectivity index (χ2v) is 7.07. The second kappa shape index (κ2) is 7.66. The lowest BCUT2D eigenvalue weighted by Gasteiger charge is -2.32. The van der Waals surface area contributed by atoms with Gasteiger partial charge in [0.05, 0.1) is 19.9 Å². The number of aliphatic hydroxyl groups excluding tert-OH is 1. The second-order valence-electron chi connectivity index (χ2n) is 7.07. The van der Waals surface area contributed by atoms with Crippen molar-refractivity contribution in [1.29, 1.82) is 0 Å². The molecule has 0 aromatic heterocycles. The smallest absolute Gasteiger partial charge is 0.161 e. The largest absolute Gasteiger partial charge is 0.493 e. The van der Waals surface area contributed by atoms with E-state index >= 15 is 0 Å². The maximum atomic E-state index is 10.7. The molecule has 3 aliphatic heterocycles. The van der Waals surface area contributed by atoms with Crippen molar-refractivity contribution in [3.8, 4) is 11.5 Å². The van der Waals surface area contributed by atoms with Crippen LogP contribution in [0.1, 0.15) is 12.0 Å². The lowest BCUT2D eigenvalue weighted by atomic mass is 9.97. The van der Waals surface area contributed by atoms with E-state index < -0.39 is 6.23 Å². The molecule has 3 heterocycles. The van der Waals surface area contributed by atoms with Gasteiger partial charge in [0.1, 0.15) is 5.84 Å². The first-order valence-corrected chi connectivity index (χ1v) is 9.36. The number of hydrogen-bond acceptors (Lipinski definition) is 6. The fourth-order valence-corrected chi connectivity index (χ4v) is 3.58. The third-order valence-corrected chi connectivity index (χ3v) is 5.24. The van der Waals surface area contributed by atoms with Gasteiger partial charge < -0.3 is 24.4 Å². The zero-order chi connectivity index (χ0) is 19.7. The minimum absolute atomic E-state index is 0.633. The number of nitrogens with zero attached hydrogens (tertiary/aromatic N) is 3. The number of fused-ring (bicyclic) bond motifs is 1. The Balaban J connectivity index is 1.60. The highest BCUT2D eigenvalue weighted by Gasteiger charge is 2.25. The molecule has 0 saturated carbocycles. The van der Waals surface area contributed by atoms with Gasteiger partial charge in [-0.05, 0) is 61.0 Å². The van der Waals surface area contributed by atoms with Crippen molar-refractivity contribution >= 4 is 11.5 Å². The molecule has 0 amide bonds. The molecule has 0 radical (unpaired) electrons. The summed E-state index contributed by atoms with van der Waals surface area (Å²) < 4.78 is 10.7. The first kappa shape index (κ1) is 18.5. The van der Waals surface area contributed by atoms with E-state index in [-0.39, 0.29) is 0 Å². The Morgan fingerprint density at radius 1 is 1.14 bits per heavy atom. The molecule has 0 saturated heterocycles. The van der Waals surface area contributed by atoms with Gasteiger partial charge in [-0.1, -0.05) is 6.08 Å². The molecule has 1 unspecified atom stereocenters. The van der Waals surface area contributed by atoms with Crippen molar-refractivity contribution in [3.05, 3.63) is 65.4 Å². The van der Waals surface area contributed by atoms with Crippen molar-refractivity contribution in [1.82, 2.24) is 9.80 Å². The van der Waals surface area contributed by atoms with Gasteiger partial charge in [0.25, 0.3) is 0 Å². The van der Waals surface area contributed by atoms with E-state index in [2.05, 4.69) is 24.1 Å². The SMILES string of the molecule is COc1ccc(C2=CC(O)N3C=C(C4=CCN(C)CC4)C=CC3=N2)cc1OC. The Bertz CT molecular complexity index is 927. The summed E-state index contributed by atoms with van der Waals surface area (Å²) in [5.74, 6) is 2.01. The predicted octanol–water partition coefficient (Wildman–Crippen LogP) is 2.79. The molecular formula is C22H25N3O3. The summed E-state index contributed by atoms with van der Waals surface area (Å²) >= 11 is 0. The Morgan fingerprint density at radius 3 is 2.68 bits per heavy atom. The van der Waals surface area contributed by atoms with Gasteiger partial charge in [0, 0.05) is 24.9 Å². The van der Waals surface area contributed by atoms with Gasteiger partial charge in [-0.25, -0.2) is 4.99 Å². The Kier molecular flexibility index (Phi) is 5.07. The third kappa shape index (κ3) is 3.48. The van der Waals surface area contributed by atoms with Crippen LogP contribution in [0.5, 0.6) is 11.5 Å². The summed E-state index contributed by atoms with van der Waals surface area (Å²) in [6.07, 6.45) is 10.3. The van der Waals surface area contributed by atoms with E-state index in [9.17, 15) is 5.11 Å². The van der Waals surface area contributed by atoms with Gasteiger partial charge >= 0.3 is 0 Å². The standard InChI is InChI=1S/C22H25N3O3/c1-24-10-8-15(9-11-24)17-5-7-21-23-18(13-22(26)25(21)14-17)16-4-6-19(27-2)20(12-16)28-3/h4-8,12-14,22,26H,9-11H2,1-3H3. The van der Waals surface area contributed by atoms with Crippen molar-refractivity contribution in [2.75, 3.05) is 34.4 Å². The molecule has 1 N–H and O–H groups in total. The molecule has 1 atom stereocenters. The van der Waals surface area contributed by atoms with Gasteiger partial charge in [0.15, 0.2) is 17.7 Å². The third-order valence-electron chi connectivity index (χ3n) is 5.24. The number of benzene rings is 1. The number of likely N-dealkylation sites (N-methyl/N-ethyl adjacent to an activating group) is 1. The normalized spacial score (nSPS) is 22.0. The number of aliphatic hydroxyl groups is 1. The van der Waals surface area contributed by atoms with Crippen molar-refractivity contribution < 1.29 is 14.6 Å². The lowest BCUT2D eigenvalue weighted by molar-refractivity contribution is 0.127. The lowest BCUT2D eigenvalue weighted by Crippen LogP contribution is -2.38. The Labute approximate surface area is 165 Å². The van der Waals surface area contributed by atoms with Crippen LogP contribution in [0.4, 0.5) is 0 Å². The highest BCUT2D eigenvalue weighted by atomic mass is 16.5. The van der Waals surface area contributed by atoms with Gasteiger partial charge in [0.2, 0.25) is 0 Å². The number of amidine groups is 1. The van der Waals surface area contributed by atoms with Crippen LogP contribution in [0.25, 0.3) is 5.70 Å². The number of ether oxygens (including phenoxy) is 2. The van der Waals surface area contributed by atoms with Crippen LogP contribution in [-0.2, 0) is 0 Å². The van der Waals surface area contributed by atoms with Crippen LogP contribution in [0.3, 0.4) is 0 Å². The molecule has 6 nitrogen and oxygen atoms in total. The van der Waals surface area contributed by atoms with Gasteiger partial charge in [-0.3, -0.25) is 0 Å². The molecule has 28 heavy (non-hydrogen) atoms. The molecule has 0 spiro atoms. The molecular weight excluding hydrogens is 354 g/mol. The molecule has 146 valence electrons. The summed E-state index contributed by atoms with van der Waals surface area (Å²) in [4.78, 5) is 8.83. The molecule has 0 bridgehead atoms. The van der Waals surface area contributed by atoms with E-state index in [1.165, 1.54) is 5.57 Å². The van der Waals surface area contributed by atoms with Gasteiger partial charge in [-0.2, -0.15) is 0 Å². The topological polar surface area (TPSA) is 57.5 Å².